The van der Waals surface area contributed by atoms with Crippen molar-refractivity contribution in [2.45, 2.75) is 51.4 Å². The van der Waals surface area contributed by atoms with E-state index in [1.54, 1.807) is 7.05 Å². The molecule has 0 saturated carbocycles. The van der Waals surface area contributed by atoms with Crippen LogP contribution in [0.4, 0.5) is 0 Å². The summed E-state index contributed by atoms with van der Waals surface area (Å²) in [4.78, 5) is 27.0. The lowest BCUT2D eigenvalue weighted by atomic mass is 10.2. The van der Waals surface area contributed by atoms with Crippen LogP contribution in [0.1, 0.15) is 39.0 Å². The van der Waals surface area contributed by atoms with Crippen molar-refractivity contribution in [3.05, 3.63) is 0 Å². The minimum atomic E-state index is -0.321. The molecule has 2 rings (SSSR count). The van der Waals surface area contributed by atoms with Gasteiger partial charge in [-0.15, -0.1) is 0 Å². The van der Waals surface area contributed by atoms with Crippen LogP contribution in [0, 0.1) is 0 Å². The number of imide groups is 1. The molecule has 0 aliphatic carbocycles. The summed E-state index contributed by atoms with van der Waals surface area (Å²) in [6, 6.07) is -0.321. The predicted octanol–water partition coefficient (Wildman–Crippen LogP) is 0.999. The molecule has 120 valence electrons. The van der Waals surface area contributed by atoms with Crippen molar-refractivity contribution < 1.29 is 19.1 Å². The first-order valence-electron chi connectivity index (χ1n) is 7.91. The standard InChI is InChI=1S/C15H26N2O4/c1-3-7-17(12-11-13(18)16(2)15(12)19)8-10-21-14-6-4-5-9-20-14/h12,14H,3-11H2,1-2H3/t12-,14-/m0/s1. The Bertz CT molecular complexity index is 369. The van der Waals surface area contributed by atoms with Crippen molar-refractivity contribution in [2.75, 3.05) is 33.4 Å². The molecule has 0 bridgehead atoms. The Kier molecular flexibility index (Phi) is 6.14. The molecule has 6 nitrogen and oxygen atoms in total. The van der Waals surface area contributed by atoms with Crippen LogP contribution in [0.25, 0.3) is 0 Å². The van der Waals surface area contributed by atoms with E-state index in [1.165, 1.54) is 4.90 Å². The summed E-state index contributed by atoms with van der Waals surface area (Å²) in [5, 5.41) is 0. The number of likely N-dealkylation sites (tertiary alicyclic amines) is 1. The average Bonchev–Trinajstić information content (AvgIpc) is 2.75. The maximum absolute atomic E-state index is 12.1. The van der Waals surface area contributed by atoms with Crippen LogP contribution in [0.3, 0.4) is 0 Å². The number of hydrogen-bond donors (Lipinski definition) is 0. The molecule has 0 spiro atoms. The maximum Gasteiger partial charge on any atom is 0.246 e. The fourth-order valence-electron chi connectivity index (χ4n) is 2.88. The van der Waals surface area contributed by atoms with Gasteiger partial charge in [-0.2, -0.15) is 0 Å². The summed E-state index contributed by atoms with van der Waals surface area (Å²) in [6.45, 7) is 4.83. The van der Waals surface area contributed by atoms with E-state index in [9.17, 15) is 9.59 Å². The van der Waals surface area contributed by atoms with E-state index in [2.05, 4.69) is 11.8 Å². The van der Waals surface area contributed by atoms with Crippen LogP contribution in [-0.2, 0) is 19.1 Å². The van der Waals surface area contributed by atoms with Crippen LogP contribution in [0.15, 0.2) is 0 Å². The highest BCUT2D eigenvalue weighted by molar-refractivity contribution is 6.05. The Morgan fingerprint density at radius 3 is 2.71 bits per heavy atom. The Balaban J connectivity index is 1.81. The van der Waals surface area contributed by atoms with Crippen molar-refractivity contribution in [2.24, 2.45) is 0 Å². The van der Waals surface area contributed by atoms with Gasteiger partial charge >= 0.3 is 0 Å². The van der Waals surface area contributed by atoms with Gasteiger partial charge in [0.25, 0.3) is 0 Å². The number of nitrogens with zero attached hydrogens (tertiary/aromatic N) is 2. The molecule has 2 aliphatic rings. The van der Waals surface area contributed by atoms with Crippen LogP contribution in [0.2, 0.25) is 0 Å². The number of rotatable bonds is 7. The third kappa shape index (κ3) is 4.25. The smallest absolute Gasteiger partial charge is 0.246 e. The number of amides is 2. The van der Waals surface area contributed by atoms with Gasteiger partial charge in [0.05, 0.1) is 19.1 Å². The van der Waals surface area contributed by atoms with E-state index >= 15 is 0 Å². The van der Waals surface area contributed by atoms with E-state index in [-0.39, 0.29) is 30.6 Å². The predicted molar refractivity (Wildman–Crippen MR) is 77.6 cm³/mol. The second-order valence-electron chi connectivity index (χ2n) is 5.71. The summed E-state index contributed by atoms with van der Waals surface area (Å²) < 4.78 is 11.3. The van der Waals surface area contributed by atoms with E-state index in [0.717, 1.165) is 38.8 Å². The van der Waals surface area contributed by atoms with Crippen molar-refractivity contribution >= 4 is 11.8 Å². The first kappa shape index (κ1) is 16.4. The lowest BCUT2D eigenvalue weighted by Gasteiger charge is -2.28. The van der Waals surface area contributed by atoms with Crippen molar-refractivity contribution in [1.82, 2.24) is 9.80 Å². The number of likely N-dealkylation sites (N-methyl/N-ethyl adjacent to an activating group) is 1. The molecule has 2 saturated heterocycles. The number of carbonyl (C=O) groups excluding carboxylic acids is 2. The van der Waals surface area contributed by atoms with Gasteiger partial charge in [0.1, 0.15) is 0 Å². The molecule has 6 heteroatoms. The first-order valence-corrected chi connectivity index (χ1v) is 7.91. The highest BCUT2D eigenvalue weighted by Crippen LogP contribution is 2.18. The van der Waals surface area contributed by atoms with Gasteiger partial charge in [-0.25, -0.2) is 0 Å². The summed E-state index contributed by atoms with van der Waals surface area (Å²) >= 11 is 0. The van der Waals surface area contributed by atoms with Crippen LogP contribution < -0.4 is 0 Å². The largest absolute Gasteiger partial charge is 0.353 e. The molecule has 2 fully saturated rings. The third-order valence-corrected chi connectivity index (χ3v) is 4.13. The Hall–Kier alpha value is -0.980. The zero-order chi connectivity index (χ0) is 15.2. The second-order valence-corrected chi connectivity index (χ2v) is 5.71. The first-order chi connectivity index (χ1) is 10.1. The quantitative estimate of drug-likeness (QED) is 0.656. The van der Waals surface area contributed by atoms with Crippen LogP contribution in [0.5, 0.6) is 0 Å². The minimum absolute atomic E-state index is 0.0948. The molecule has 0 radical (unpaired) electrons. The van der Waals surface area contributed by atoms with E-state index in [4.69, 9.17) is 9.47 Å². The molecule has 0 aromatic heterocycles. The zero-order valence-corrected chi connectivity index (χ0v) is 13.0. The number of ether oxygens (including phenoxy) is 2. The summed E-state index contributed by atoms with van der Waals surface area (Å²) in [5.74, 6) is -0.190. The summed E-state index contributed by atoms with van der Waals surface area (Å²) in [7, 11) is 1.56. The lowest BCUT2D eigenvalue weighted by molar-refractivity contribution is -0.165. The molecule has 0 unspecified atom stereocenters. The monoisotopic (exact) mass is 298 g/mol. The van der Waals surface area contributed by atoms with Gasteiger partial charge < -0.3 is 9.47 Å². The van der Waals surface area contributed by atoms with Gasteiger partial charge in [-0.3, -0.25) is 19.4 Å². The van der Waals surface area contributed by atoms with E-state index in [1.807, 2.05) is 0 Å². The Morgan fingerprint density at radius 2 is 2.14 bits per heavy atom. The lowest BCUT2D eigenvalue weighted by Crippen LogP contribution is -2.43. The summed E-state index contributed by atoms with van der Waals surface area (Å²) in [5.41, 5.74) is 0. The molecule has 0 aromatic carbocycles. The molecule has 0 aromatic rings. The molecule has 21 heavy (non-hydrogen) atoms. The van der Waals surface area contributed by atoms with E-state index < -0.39 is 0 Å². The molecule has 2 aliphatic heterocycles. The van der Waals surface area contributed by atoms with Crippen LogP contribution >= 0.6 is 0 Å². The summed E-state index contributed by atoms with van der Waals surface area (Å²) in [6.07, 6.45) is 4.32. The third-order valence-electron chi connectivity index (χ3n) is 4.13. The number of hydrogen-bond acceptors (Lipinski definition) is 5. The fraction of sp³-hybridized carbons (Fsp3) is 0.867. The van der Waals surface area contributed by atoms with Crippen molar-refractivity contribution in [1.29, 1.82) is 0 Å². The van der Waals surface area contributed by atoms with Gasteiger partial charge in [0.15, 0.2) is 6.29 Å². The zero-order valence-electron chi connectivity index (χ0n) is 13.0. The van der Waals surface area contributed by atoms with Crippen molar-refractivity contribution in [3.63, 3.8) is 0 Å². The maximum atomic E-state index is 12.1. The topological polar surface area (TPSA) is 59.1 Å². The van der Waals surface area contributed by atoms with Gasteiger partial charge in [0.2, 0.25) is 11.8 Å². The highest BCUT2D eigenvalue weighted by Gasteiger charge is 2.39. The van der Waals surface area contributed by atoms with Gasteiger partial charge in [-0.1, -0.05) is 6.92 Å². The average molecular weight is 298 g/mol. The SMILES string of the molecule is CCCN(CCO[C@H]1CCCCO1)[C@H]1CC(=O)N(C)C1=O. The number of carbonyl (C=O) groups is 2. The molecular formula is C15H26N2O4. The minimum Gasteiger partial charge on any atom is -0.353 e. The van der Waals surface area contributed by atoms with Crippen LogP contribution in [-0.4, -0.2) is 67.3 Å². The fourth-order valence-corrected chi connectivity index (χ4v) is 2.88. The van der Waals surface area contributed by atoms with Crippen molar-refractivity contribution in [3.8, 4) is 0 Å². The van der Waals surface area contributed by atoms with Gasteiger partial charge in [0, 0.05) is 20.2 Å². The molecule has 2 atom stereocenters. The molecule has 2 amide bonds. The molecular weight excluding hydrogens is 272 g/mol. The highest BCUT2D eigenvalue weighted by atomic mass is 16.7. The molecule has 2 heterocycles. The normalized spacial score (nSPS) is 26.9. The Labute approximate surface area is 126 Å². The van der Waals surface area contributed by atoms with E-state index in [0.29, 0.717) is 13.2 Å². The molecule has 0 N–H and O–H groups in total. The second kappa shape index (κ2) is 7.87. The Morgan fingerprint density at radius 1 is 1.33 bits per heavy atom. The van der Waals surface area contributed by atoms with Gasteiger partial charge in [-0.05, 0) is 32.2 Å².